The molecular weight excluding hydrogens is 322 g/mol. The topological polar surface area (TPSA) is 69.2 Å². The van der Waals surface area contributed by atoms with E-state index in [-0.39, 0.29) is 11.7 Å². The molecule has 0 amide bonds. The van der Waals surface area contributed by atoms with Gasteiger partial charge < -0.3 is 10.1 Å². The molecule has 1 saturated heterocycles. The quantitative estimate of drug-likeness (QED) is 0.768. The number of likely N-dealkylation sites (tertiary alicyclic amines) is 1. The van der Waals surface area contributed by atoms with Crippen molar-refractivity contribution in [1.82, 2.24) is 14.9 Å². The van der Waals surface area contributed by atoms with E-state index in [0.717, 1.165) is 34.7 Å². The summed E-state index contributed by atoms with van der Waals surface area (Å²) in [7, 11) is 0. The molecule has 124 valence electrons. The minimum Gasteiger partial charge on any atom is -0.392 e. The SMILES string of the molecule is O=c1[nH]c(CN2CCC[C@@H](O)C2)nc2sc(-c3ccccc3)cc12. The molecule has 0 unspecified atom stereocenters. The van der Waals surface area contributed by atoms with Gasteiger partial charge in [0, 0.05) is 11.4 Å². The molecule has 0 aliphatic carbocycles. The highest BCUT2D eigenvalue weighted by atomic mass is 32.1. The second-order valence-electron chi connectivity index (χ2n) is 6.24. The van der Waals surface area contributed by atoms with Crippen molar-refractivity contribution >= 4 is 21.6 Å². The number of nitrogens with one attached hydrogen (secondary N) is 1. The van der Waals surface area contributed by atoms with Gasteiger partial charge in [0.25, 0.3) is 5.56 Å². The Kier molecular flexibility index (Phi) is 4.18. The first-order chi connectivity index (χ1) is 11.7. The van der Waals surface area contributed by atoms with Gasteiger partial charge in [0.15, 0.2) is 0 Å². The van der Waals surface area contributed by atoms with Gasteiger partial charge in [-0.05, 0) is 31.0 Å². The second kappa shape index (κ2) is 6.47. The van der Waals surface area contributed by atoms with Crippen LogP contribution in [0, 0.1) is 0 Å². The fourth-order valence-electron chi connectivity index (χ4n) is 3.18. The minimum absolute atomic E-state index is 0.0917. The van der Waals surface area contributed by atoms with Crippen molar-refractivity contribution in [2.45, 2.75) is 25.5 Å². The van der Waals surface area contributed by atoms with Gasteiger partial charge in [-0.1, -0.05) is 30.3 Å². The molecule has 1 atom stereocenters. The number of aliphatic hydroxyl groups excluding tert-OH is 1. The molecule has 1 fully saturated rings. The number of fused-ring (bicyclic) bond motifs is 1. The van der Waals surface area contributed by atoms with E-state index in [1.807, 2.05) is 36.4 Å². The van der Waals surface area contributed by atoms with Crippen LogP contribution in [0.1, 0.15) is 18.7 Å². The molecule has 1 aromatic carbocycles. The molecule has 5 nitrogen and oxygen atoms in total. The van der Waals surface area contributed by atoms with Gasteiger partial charge >= 0.3 is 0 Å². The Hall–Kier alpha value is -2.02. The van der Waals surface area contributed by atoms with E-state index in [0.29, 0.717) is 24.3 Å². The lowest BCUT2D eigenvalue weighted by molar-refractivity contribution is 0.0655. The van der Waals surface area contributed by atoms with Crippen LogP contribution in [0.25, 0.3) is 20.7 Å². The molecule has 0 bridgehead atoms. The predicted molar refractivity (Wildman–Crippen MR) is 96.2 cm³/mol. The summed E-state index contributed by atoms with van der Waals surface area (Å²) < 4.78 is 0. The summed E-state index contributed by atoms with van der Waals surface area (Å²) in [6.45, 7) is 2.14. The summed E-state index contributed by atoms with van der Waals surface area (Å²) in [5, 5.41) is 10.4. The molecule has 0 radical (unpaired) electrons. The summed E-state index contributed by atoms with van der Waals surface area (Å²) >= 11 is 1.54. The molecule has 2 N–H and O–H groups in total. The molecule has 3 aromatic rings. The maximum Gasteiger partial charge on any atom is 0.259 e. The van der Waals surface area contributed by atoms with Gasteiger partial charge in [-0.2, -0.15) is 0 Å². The van der Waals surface area contributed by atoms with Crippen molar-refractivity contribution in [3.05, 3.63) is 52.6 Å². The zero-order valence-corrected chi connectivity index (χ0v) is 14.1. The molecule has 0 saturated carbocycles. The van der Waals surface area contributed by atoms with Crippen molar-refractivity contribution in [1.29, 1.82) is 0 Å². The monoisotopic (exact) mass is 341 g/mol. The van der Waals surface area contributed by atoms with E-state index >= 15 is 0 Å². The third kappa shape index (κ3) is 3.13. The number of aliphatic hydroxyl groups is 1. The number of aromatic nitrogens is 2. The van der Waals surface area contributed by atoms with Crippen LogP contribution in [0.4, 0.5) is 0 Å². The van der Waals surface area contributed by atoms with Crippen LogP contribution in [0.3, 0.4) is 0 Å². The van der Waals surface area contributed by atoms with Crippen molar-refractivity contribution < 1.29 is 5.11 Å². The molecule has 0 spiro atoms. The van der Waals surface area contributed by atoms with Gasteiger partial charge in [0.2, 0.25) is 0 Å². The Morgan fingerprint density at radius 3 is 2.96 bits per heavy atom. The number of β-amino-alcohol motifs (C(OH)–C–C–N with tert-alkyl or cyclic N) is 1. The van der Waals surface area contributed by atoms with E-state index in [4.69, 9.17) is 0 Å². The van der Waals surface area contributed by atoms with Crippen LogP contribution in [-0.2, 0) is 6.54 Å². The smallest absolute Gasteiger partial charge is 0.259 e. The number of rotatable bonds is 3. The fourth-order valence-corrected chi connectivity index (χ4v) is 4.24. The van der Waals surface area contributed by atoms with E-state index < -0.39 is 0 Å². The zero-order chi connectivity index (χ0) is 16.5. The van der Waals surface area contributed by atoms with Gasteiger partial charge in [0.05, 0.1) is 18.0 Å². The summed E-state index contributed by atoms with van der Waals surface area (Å²) in [6, 6.07) is 11.9. The number of hydrogen-bond acceptors (Lipinski definition) is 5. The Bertz CT molecular complexity index is 904. The first-order valence-corrected chi connectivity index (χ1v) is 8.99. The Morgan fingerprint density at radius 2 is 2.17 bits per heavy atom. The number of aromatic amines is 1. The van der Waals surface area contributed by atoms with Gasteiger partial charge in [-0.25, -0.2) is 4.98 Å². The summed E-state index contributed by atoms with van der Waals surface area (Å²) in [5.41, 5.74) is 1.01. The fraction of sp³-hybridized carbons (Fsp3) is 0.333. The summed E-state index contributed by atoms with van der Waals surface area (Å²) in [5.74, 6) is 0.670. The van der Waals surface area contributed by atoms with Crippen molar-refractivity contribution in [3.63, 3.8) is 0 Å². The van der Waals surface area contributed by atoms with E-state index in [9.17, 15) is 9.90 Å². The third-order valence-corrected chi connectivity index (χ3v) is 5.44. The van der Waals surface area contributed by atoms with Crippen LogP contribution in [0.15, 0.2) is 41.2 Å². The molecule has 24 heavy (non-hydrogen) atoms. The molecule has 2 aromatic heterocycles. The van der Waals surface area contributed by atoms with E-state index in [2.05, 4.69) is 14.9 Å². The number of H-pyrrole nitrogens is 1. The first kappa shape index (κ1) is 15.5. The van der Waals surface area contributed by atoms with Gasteiger partial charge in [-0.15, -0.1) is 11.3 Å². The highest BCUT2D eigenvalue weighted by Crippen LogP contribution is 2.30. The lowest BCUT2D eigenvalue weighted by Gasteiger charge is -2.29. The molecule has 1 aliphatic heterocycles. The molecular formula is C18H19N3O2S. The van der Waals surface area contributed by atoms with Crippen LogP contribution >= 0.6 is 11.3 Å². The number of benzene rings is 1. The normalized spacial score (nSPS) is 19.0. The lowest BCUT2D eigenvalue weighted by Crippen LogP contribution is -2.38. The maximum atomic E-state index is 12.4. The number of hydrogen-bond donors (Lipinski definition) is 2. The van der Waals surface area contributed by atoms with Crippen molar-refractivity contribution in [3.8, 4) is 10.4 Å². The van der Waals surface area contributed by atoms with E-state index in [1.54, 1.807) is 11.3 Å². The Balaban J connectivity index is 1.65. The highest BCUT2D eigenvalue weighted by Gasteiger charge is 2.19. The largest absolute Gasteiger partial charge is 0.392 e. The first-order valence-electron chi connectivity index (χ1n) is 8.17. The Morgan fingerprint density at radius 1 is 1.33 bits per heavy atom. The molecule has 1 aliphatic rings. The summed E-state index contributed by atoms with van der Waals surface area (Å²) in [6.07, 6.45) is 1.55. The van der Waals surface area contributed by atoms with E-state index in [1.165, 1.54) is 0 Å². The van der Waals surface area contributed by atoms with Crippen molar-refractivity contribution in [2.75, 3.05) is 13.1 Å². The number of nitrogens with zero attached hydrogens (tertiary/aromatic N) is 2. The second-order valence-corrected chi connectivity index (χ2v) is 7.27. The minimum atomic E-state index is -0.277. The highest BCUT2D eigenvalue weighted by molar-refractivity contribution is 7.21. The van der Waals surface area contributed by atoms with Gasteiger partial charge in [0.1, 0.15) is 10.7 Å². The average molecular weight is 341 g/mol. The zero-order valence-electron chi connectivity index (χ0n) is 13.2. The third-order valence-electron chi connectivity index (χ3n) is 4.36. The molecule has 6 heteroatoms. The predicted octanol–water partition coefficient (Wildman–Crippen LogP) is 2.61. The Labute approximate surface area is 143 Å². The van der Waals surface area contributed by atoms with Crippen LogP contribution < -0.4 is 5.56 Å². The average Bonchev–Trinajstić information content (AvgIpc) is 3.00. The summed E-state index contributed by atoms with van der Waals surface area (Å²) in [4.78, 5) is 23.9. The molecule has 3 heterocycles. The maximum absolute atomic E-state index is 12.4. The number of piperidine rings is 1. The number of thiophene rings is 1. The van der Waals surface area contributed by atoms with Gasteiger partial charge in [-0.3, -0.25) is 9.69 Å². The van der Waals surface area contributed by atoms with Crippen molar-refractivity contribution in [2.24, 2.45) is 0 Å². The van der Waals surface area contributed by atoms with Crippen LogP contribution in [0.2, 0.25) is 0 Å². The lowest BCUT2D eigenvalue weighted by atomic mass is 10.1. The standard InChI is InChI=1S/C18H19N3O2S/c22-13-7-4-8-21(10-13)11-16-19-17(23)14-9-15(24-18(14)20-16)12-5-2-1-3-6-12/h1-3,5-6,9,13,22H,4,7-8,10-11H2,(H,19,20,23)/t13-/m1/s1. The van der Waals surface area contributed by atoms with Crippen LogP contribution in [-0.4, -0.2) is 39.2 Å². The van der Waals surface area contributed by atoms with Crippen LogP contribution in [0.5, 0.6) is 0 Å². The molecule has 4 rings (SSSR count).